The summed E-state index contributed by atoms with van der Waals surface area (Å²) in [5.41, 5.74) is 0. The topological polar surface area (TPSA) is 41.6 Å². The summed E-state index contributed by atoms with van der Waals surface area (Å²) >= 11 is 0. The van der Waals surface area contributed by atoms with Crippen LogP contribution in [0.15, 0.2) is 42.5 Å². The SMILES string of the molecule is O=C(COc1cccc2ccccc12)N1C2CCNCC1CC2. The Morgan fingerprint density at radius 2 is 1.91 bits per heavy atom. The lowest BCUT2D eigenvalue weighted by molar-refractivity contribution is -0.135. The number of carbonyl (C=O) groups is 1. The molecule has 2 heterocycles. The molecule has 4 rings (SSSR count). The summed E-state index contributed by atoms with van der Waals surface area (Å²) in [5, 5.41) is 5.62. The summed E-state index contributed by atoms with van der Waals surface area (Å²) in [6.45, 7) is 2.05. The molecule has 0 saturated carbocycles. The first kappa shape index (κ1) is 14.5. The Bertz CT molecular complexity index is 696. The first-order chi connectivity index (χ1) is 11.3. The highest BCUT2D eigenvalue weighted by Crippen LogP contribution is 2.29. The van der Waals surface area contributed by atoms with E-state index in [9.17, 15) is 4.79 Å². The maximum atomic E-state index is 12.7. The number of rotatable bonds is 3. The number of hydrogen-bond donors (Lipinski definition) is 1. The van der Waals surface area contributed by atoms with Gasteiger partial charge in [0.15, 0.2) is 6.61 Å². The summed E-state index contributed by atoms with van der Waals surface area (Å²) in [6.07, 6.45) is 3.29. The lowest BCUT2D eigenvalue weighted by Gasteiger charge is -2.27. The number of fused-ring (bicyclic) bond motifs is 3. The van der Waals surface area contributed by atoms with Crippen LogP contribution in [0.2, 0.25) is 0 Å². The standard InChI is InChI=1S/C19H22N2O2/c22-19(21-15-8-9-16(21)12-20-11-10-15)13-23-18-7-3-5-14-4-1-2-6-17(14)18/h1-7,15-16,20H,8-13H2. The predicted molar refractivity (Wildman–Crippen MR) is 90.6 cm³/mol. The molecule has 2 aliphatic heterocycles. The molecular formula is C19H22N2O2. The van der Waals surface area contributed by atoms with Gasteiger partial charge in [0.1, 0.15) is 5.75 Å². The molecule has 23 heavy (non-hydrogen) atoms. The molecule has 0 spiro atoms. The average Bonchev–Trinajstić information content (AvgIpc) is 2.85. The number of nitrogens with zero attached hydrogens (tertiary/aromatic N) is 1. The van der Waals surface area contributed by atoms with E-state index in [0.29, 0.717) is 12.1 Å². The van der Waals surface area contributed by atoms with Crippen LogP contribution in [0.1, 0.15) is 19.3 Å². The highest BCUT2D eigenvalue weighted by Gasteiger charge is 2.37. The van der Waals surface area contributed by atoms with Gasteiger partial charge >= 0.3 is 0 Å². The predicted octanol–water partition coefficient (Wildman–Crippen LogP) is 2.57. The van der Waals surface area contributed by atoms with E-state index in [1.54, 1.807) is 0 Å². The van der Waals surface area contributed by atoms with E-state index in [0.717, 1.165) is 48.9 Å². The fourth-order valence-corrected chi connectivity index (χ4v) is 3.93. The van der Waals surface area contributed by atoms with Gasteiger partial charge in [-0.25, -0.2) is 0 Å². The molecule has 0 aromatic heterocycles. The van der Waals surface area contributed by atoms with Crippen molar-refractivity contribution in [2.45, 2.75) is 31.3 Å². The van der Waals surface area contributed by atoms with Gasteiger partial charge in [0.25, 0.3) is 5.91 Å². The molecule has 4 nitrogen and oxygen atoms in total. The van der Waals surface area contributed by atoms with Crippen molar-refractivity contribution in [1.29, 1.82) is 0 Å². The van der Waals surface area contributed by atoms with Gasteiger partial charge in [0.05, 0.1) is 0 Å². The Labute approximate surface area is 136 Å². The quantitative estimate of drug-likeness (QED) is 0.947. The Morgan fingerprint density at radius 3 is 2.87 bits per heavy atom. The van der Waals surface area contributed by atoms with Crippen molar-refractivity contribution in [2.24, 2.45) is 0 Å². The average molecular weight is 310 g/mol. The van der Waals surface area contributed by atoms with Gasteiger partial charge in [0.2, 0.25) is 0 Å². The molecule has 2 unspecified atom stereocenters. The highest BCUT2D eigenvalue weighted by molar-refractivity contribution is 5.88. The van der Waals surface area contributed by atoms with E-state index in [2.05, 4.69) is 22.3 Å². The second-order valence-electron chi connectivity index (χ2n) is 6.44. The minimum atomic E-state index is 0.120. The van der Waals surface area contributed by atoms with Gasteiger partial charge in [-0.05, 0) is 37.3 Å². The summed E-state index contributed by atoms with van der Waals surface area (Å²) in [7, 11) is 0. The molecule has 2 atom stereocenters. The molecular weight excluding hydrogens is 288 g/mol. The zero-order valence-corrected chi connectivity index (χ0v) is 13.2. The summed E-state index contributed by atoms with van der Waals surface area (Å²) < 4.78 is 5.89. The third-order valence-electron chi connectivity index (χ3n) is 5.04. The van der Waals surface area contributed by atoms with Crippen molar-refractivity contribution >= 4 is 16.7 Å². The van der Waals surface area contributed by atoms with Crippen LogP contribution in [-0.4, -0.2) is 42.6 Å². The second kappa shape index (κ2) is 6.20. The van der Waals surface area contributed by atoms with E-state index in [1.165, 1.54) is 0 Å². The van der Waals surface area contributed by atoms with Gasteiger partial charge in [-0.15, -0.1) is 0 Å². The number of nitrogens with one attached hydrogen (secondary N) is 1. The van der Waals surface area contributed by atoms with Crippen molar-refractivity contribution in [1.82, 2.24) is 10.2 Å². The maximum absolute atomic E-state index is 12.7. The molecule has 2 fully saturated rings. The van der Waals surface area contributed by atoms with Crippen LogP contribution in [0, 0.1) is 0 Å². The number of benzene rings is 2. The number of carbonyl (C=O) groups excluding carboxylic acids is 1. The molecule has 2 saturated heterocycles. The van der Waals surface area contributed by atoms with Gasteiger partial charge in [-0.1, -0.05) is 36.4 Å². The third-order valence-corrected chi connectivity index (χ3v) is 5.04. The minimum Gasteiger partial charge on any atom is -0.483 e. The van der Waals surface area contributed by atoms with E-state index in [1.807, 2.05) is 30.3 Å². The van der Waals surface area contributed by atoms with Crippen molar-refractivity contribution in [3.05, 3.63) is 42.5 Å². The van der Waals surface area contributed by atoms with Gasteiger partial charge < -0.3 is 15.0 Å². The Morgan fingerprint density at radius 1 is 1.09 bits per heavy atom. The molecule has 2 aromatic rings. The van der Waals surface area contributed by atoms with Gasteiger partial charge in [-0.2, -0.15) is 0 Å². The summed E-state index contributed by atoms with van der Waals surface area (Å²) in [4.78, 5) is 14.8. The van der Waals surface area contributed by atoms with Crippen molar-refractivity contribution in [3.8, 4) is 5.75 Å². The smallest absolute Gasteiger partial charge is 0.261 e. The van der Waals surface area contributed by atoms with Crippen LogP contribution in [0.4, 0.5) is 0 Å². The minimum absolute atomic E-state index is 0.120. The molecule has 1 amide bonds. The van der Waals surface area contributed by atoms with Gasteiger partial charge in [-0.3, -0.25) is 4.79 Å². The van der Waals surface area contributed by atoms with Crippen molar-refractivity contribution in [3.63, 3.8) is 0 Å². The molecule has 4 heteroatoms. The van der Waals surface area contributed by atoms with Crippen molar-refractivity contribution in [2.75, 3.05) is 19.7 Å². The zero-order valence-electron chi connectivity index (χ0n) is 13.2. The zero-order chi connectivity index (χ0) is 15.6. The van der Waals surface area contributed by atoms with Crippen LogP contribution in [0.3, 0.4) is 0 Å². The highest BCUT2D eigenvalue weighted by atomic mass is 16.5. The molecule has 1 N–H and O–H groups in total. The van der Waals surface area contributed by atoms with Crippen molar-refractivity contribution < 1.29 is 9.53 Å². The van der Waals surface area contributed by atoms with Gasteiger partial charge in [0, 0.05) is 24.0 Å². The van der Waals surface area contributed by atoms with Crippen LogP contribution >= 0.6 is 0 Å². The normalized spacial score (nSPS) is 23.7. The number of ether oxygens (including phenoxy) is 1. The first-order valence-corrected chi connectivity index (χ1v) is 8.45. The van der Waals surface area contributed by atoms with Crippen LogP contribution in [-0.2, 0) is 4.79 Å². The van der Waals surface area contributed by atoms with E-state index in [-0.39, 0.29) is 12.5 Å². The fourth-order valence-electron chi connectivity index (χ4n) is 3.93. The van der Waals surface area contributed by atoms with E-state index < -0.39 is 0 Å². The Kier molecular flexibility index (Phi) is 3.92. The van der Waals surface area contributed by atoms with Crippen LogP contribution < -0.4 is 10.1 Å². The second-order valence-corrected chi connectivity index (χ2v) is 6.44. The van der Waals surface area contributed by atoms with E-state index >= 15 is 0 Å². The monoisotopic (exact) mass is 310 g/mol. The molecule has 120 valence electrons. The van der Waals surface area contributed by atoms with Crippen LogP contribution in [0.5, 0.6) is 5.75 Å². The third kappa shape index (κ3) is 2.79. The summed E-state index contributed by atoms with van der Waals surface area (Å²) in [5.74, 6) is 0.908. The Balaban J connectivity index is 1.49. The largest absolute Gasteiger partial charge is 0.483 e. The fraction of sp³-hybridized carbons (Fsp3) is 0.421. The molecule has 2 aromatic carbocycles. The first-order valence-electron chi connectivity index (χ1n) is 8.45. The summed E-state index contributed by atoms with van der Waals surface area (Å²) in [6, 6.07) is 14.8. The molecule has 0 aliphatic carbocycles. The maximum Gasteiger partial charge on any atom is 0.261 e. The Hall–Kier alpha value is -2.07. The number of amides is 1. The molecule has 2 aliphatic rings. The van der Waals surface area contributed by atoms with E-state index in [4.69, 9.17) is 4.74 Å². The number of hydrogen-bond acceptors (Lipinski definition) is 3. The molecule has 0 radical (unpaired) electrons. The molecule has 2 bridgehead atoms. The lowest BCUT2D eigenvalue weighted by atomic mass is 10.1. The lowest BCUT2D eigenvalue weighted by Crippen LogP contribution is -2.44. The van der Waals surface area contributed by atoms with Crippen LogP contribution in [0.25, 0.3) is 10.8 Å².